The normalized spacial score (nSPS) is 20.8. The number of anilines is 1. The third kappa shape index (κ3) is 5.83. The summed E-state index contributed by atoms with van der Waals surface area (Å²) in [4.78, 5) is 14.4. The minimum absolute atomic E-state index is 0.0244. The lowest BCUT2D eigenvalue weighted by Crippen LogP contribution is -2.50. The minimum atomic E-state index is -3.90. The maximum atomic E-state index is 13.4. The number of ether oxygens (including phenoxy) is 2. The van der Waals surface area contributed by atoms with Gasteiger partial charge in [0, 0.05) is 41.8 Å². The Labute approximate surface area is 208 Å². The van der Waals surface area contributed by atoms with Crippen molar-refractivity contribution < 1.29 is 27.8 Å². The number of fused-ring (bicyclic) bond motifs is 1. The van der Waals surface area contributed by atoms with Gasteiger partial charge in [-0.3, -0.25) is 0 Å². The summed E-state index contributed by atoms with van der Waals surface area (Å²) in [7, 11) is -0.693. The Morgan fingerprint density at radius 2 is 2.09 bits per heavy atom. The van der Waals surface area contributed by atoms with E-state index in [1.807, 2.05) is 6.92 Å². The van der Waals surface area contributed by atoms with E-state index in [0.717, 1.165) is 0 Å². The third-order valence-electron chi connectivity index (χ3n) is 5.75. The van der Waals surface area contributed by atoms with Gasteiger partial charge in [-0.15, -0.1) is 0 Å². The molecule has 0 spiro atoms. The number of carbonyl (C=O) groups excluding carboxylic acids is 1. The maximum Gasteiger partial charge on any atom is 0.321 e. The average Bonchev–Trinajstić information content (AvgIpc) is 2.80. The van der Waals surface area contributed by atoms with Crippen molar-refractivity contribution in [2.24, 2.45) is 5.92 Å². The maximum absolute atomic E-state index is 13.4. The quantitative estimate of drug-likeness (QED) is 0.565. The first-order chi connectivity index (χ1) is 16.1. The number of methoxy groups -OCH3 is 1. The summed E-state index contributed by atoms with van der Waals surface area (Å²) in [5.41, 5.74) is 0.589. The summed E-state index contributed by atoms with van der Waals surface area (Å²) < 4.78 is 40.1. The van der Waals surface area contributed by atoms with Crippen LogP contribution in [0, 0.1) is 5.92 Å². The highest BCUT2D eigenvalue weighted by Crippen LogP contribution is 2.35. The van der Waals surface area contributed by atoms with Crippen LogP contribution in [0.3, 0.4) is 0 Å². The number of hydrogen-bond acceptors (Lipinski definition) is 6. The van der Waals surface area contributed by atoms with Gasteiger partial charge in [0.1, 0.15) is 22.5 Å². The van der Waals surface area contributed by atoms with E-state index in [1.165, 1.54) is 15.3 Å². The predicted molar refractivity (Wildman–Crippen MR) is 133 cm³/mol. The lowest BCUT2D eigenvalue weighted by Gasteiger charge is -2.37. The second kappa shape index (κ2) is 10.9. The molecule has 0 fully saturated rings. The van der Waals surface area contributed by atoms with E-state index in [0.29, 0.717) is 15.9 Å². The molecule has 0 saturated carbocycles. The van der Waals surface area contributed by atoms with Crippen LogP contribution in [0.15, 0.2) is 51.8 Å². The SMILES string of the molecule is COc1cccc(NC(=O)N(C)C[C@@H]2Oc3cc(Br)ccc3S(=O)(=O)N([C@@H](C)CO)C[C@H]2C)c1. The lowest BCUT2D eigenvalue weighted by atomic mass is 10.0. The molecule has 2 aromatic carbocycles. The molecule has 2 amide bonds. The fraction of sp³-hybridized carbons (Fsp3) is 0.435. The van der Waals surface area contributed by atoms with Gasteiger partial charge in [0.05, 0.1) is 20.3 Å². The van der Waals surface area contributed by atoms with Gasteiger partial charge in [-0.05, 0) is 37.3 Å². The molecule has 0 saturated heterocycles. The van der Waals surface area contributed by atoms with Gasteiger partial charge >= 0.3 is 6.03 Å². The summed E-state index contributed by atoms with van der Waals surface area (Å²) in [6.07, 6.45) is -0.502. The molecule has 9 nitrogen and oxygen atoms in total. The van der Waals surface area contributed by atoms with Gasteiger partial charge in [0.2, 0.25) is 10.0 Å². The monoisotopic (exact) mass is 555 g/mol. The Morgan fingerprint density at radius 1 is 1.35 bits per heavy atom. The summed E-state index contributed by atoms with van der Waals surface area (Å²) in [6.45, 7) is 3.56. The van der Waals surface area contributed by atoms with Crippen molar-refractivity contribution in [3.05, 3.63) is 46.9 Å². The number of likely N-dealkylation sites (N-methyl/N-ethyl adjacent to an activating group) is 1. The first-order valence-corrected chi connectivity index (χ1v) is 13.0. The number of nitrogens with one attached hydrogen (secondary N) is 1. The number of halogens is 1. The number of amides is 2. The van der Waals surface area contributed by atoms with Crippen molar-refractivity contribution in [2.45, 2.75) is 30.9 Å². The van der Waals surface area contributed by atoms with Crippen molar-refractivity contribution in [1.29, 1.82) is 0 Å². The Bertz CT molecular complexity index is 1130. The van der Waals surface area contributed by atoms with E-state index in [-0.39, 0.29) is 42.3 Å². The number of benzene rings is 2. The molecule has 2 aromatic rings. The topological polar surface area (TPSA) is 108 Å². The van der Waals surface area contributed by atoms with Gasteiger partial charge in [-0.25, -0.2) is 13.2 Å². The van der Waals surface area contributed by atoms with E-state index in [1.54, 1.807) is 57.5 Å². The van der Waals surface area contributed by atoms with Crippen LogP contribution in [-0.2, 0) is 10.0 Å². The van der Waals surface area contributed by atoms with Crippen LogP contribution >= 0.6 is 15.9 Å². The van der Waals surface area contributed by atoms with Crippen molar-refractivity contribution in [2.75, 3.05) is 39.2 Å². The van der Waals surface area contributed by atoms with Crippen LogP contribution in [-0.4, -0.2) is 74.8 Å². The Balaban J connectivity index is 1.87. The summed E-state index contributed by atoms with van der Waals surface area (Å²) in [5, 5.41) is 12.5. The molecule has 0 bridgehead atoms. The third-order valence-corrected chi connectivity index (χ3v) is 8.26. The molecule has 1 aliphatic rings. The molecule has 0 aliphatic carbocycles. The number of aliphatic hydroxyl groups excluding tert-OH is 1. The number of sulfonamides is 1. The van der Waals surface area contributed by atoms with E-state index < -0.39 is 22.2 Å². The number of hydrogen-bond donors (Lipinski definition) is 2. The van der Waals surface area contributed by atoms with Crippen LogP contribution in [0.4, 0.5) is 10.5 Å². The molecule has 0 unspecified atom stereocenters. The predicted octanol–water partition coefficient (Wildman–Crippen LogP) is 3.39. The zero-order valence-corrected chi connectivity index (χ0v) is 22.0. The lowest BCUT2D eigenvalue weighted by molar-refractivity contribution is 0.0829. The largest absolute Gasteiger partial charge is 0.497 e. The molecule has 2 N–H and O–H groups in total. The second-order valence-electron chi connectivity index (χ2n) is 8.37. The van der Waals surface area contributed by atoms with Gasteiger partial charge in [0.15, 0.2) is 0 Å². The van der Waals surface area contributed by atoms with Gasteiger partial charge in [-0.1, -0.05) is 28.9 Å². The summed E-state index contributed by atoms with van der Waals surface area (Å²) in [5.74, 6) is 0.546. The van der Waals surface area contributed by atoms with E-state index in [2.05, 4.69) is 21.2 Å². The fourth-order valence-corrected chi connectivity index (χ4v) is 5.86. The zero-order valence-electron chi connectivity index (χ0n) is 19.6. The number of rotatable bonds is 6. The highest BCUT2D eigenvalue weighted by atomic mass is 79.9. The molecule has 1 heterocycles. The molecule has 0 aromatic heterocycles. The Kier molecular flexibility index (Phi) is 8.45. The summed E-state index contributed by atoms with van der Waals surface area (Å²) >= 11 is 3.38. The number of aliphatic hydroxyl groups is 1. The second-order valence-corrected chi connectivity index (χ2v) is 11.1. The highest BCUT2D eigenvalue weighted by Gasteiger charge is 2.38. The smallest absolute Gasteiger partial charge is 0.321 e. The van der Waals surface area contributed by atoms with Crippen LogP contribution in [0.5, 0.6) is 11.5 Å². The highest BCUT2D eigenvalue weighted by molar-refractivity contribution is 9.10. The van der Waals surface area contributed by atoms with Crippen molar-refractivity contribution in [3.8, 4) is 11.5 Å². The van der Waals surface area contributed by atoms with E-state index in [4.69, 9.17) is 9.47 Å². The standard InChI is InChI=1S/C23H30BrN3O6S/c1-15-12-27(16(2)14-28)34(30,31)22-9-8-17(24)10-20(22)33-21(15)13-26(3)23(29)25-18-6-5-7-19(11-18)32-4/h5-11,15-16,21,28H,12-14H2,1-4H3,(H,25,29)/t15-,16+,21+/m1/s1. The zero-order chi connectivity index (χ0) is 25.0. The van der Waals surface area contributed by atoms with Gasteiger partial charge in [0.25, 0.3) is 0 Å². The Morgan fingerprint density at radius 3 is 2.76 bits per heavy atom. The number of carbonyl (C=O) groups is 1. The molecule has 34 heavy (non-hydrogen) atoms. The van der Waals surface area contributed by atoms with E-state index >= 15 is 0 Å². The van der Waals surface area contributed by atoms with Gasteiger partial charge < -0.3 is 24.8 Å². The minimum Gasteiger partial charge on any atom is -0.497 e. The molecule has 1 aliphatic heterocycles. The average molecular weight is 556 g/mol. The molecular formula is C23H30BrN3O6S. The van der Waals surface area contributed by atoms with Crippen LogP contribution in [0.2, 0.25) is 0 Å². The van der Waals surface area contributed by atoms with Crippen molar-refractivity contribution in [1.82, 2.24) is 9.21 Å². The number of urea groups is 1. The molecule has 3 rings (SSSR count). The van der Waals surface area contributed by atoms with Crippen LogP contribution in [0.1, 0.15) is 13.8 Å². The molecule has 11 heteroatoms. The van der Waals surface area contributed by atoms with Crippen LogP contribution in [0.25, 0.3) is 0 Å². The molecular weight excluding hydrogens is 526 g/mol. The Hall–Kier alpha value is -2.34. The van der Waals surface area contributed by atoms with Gasteiger partial charge in [-0.2, -0.15) is 4.31 Å². The molecule has 186 valence electrons. The first kappa shape index (κ1) is 26.3. The van der Waals surface area contributed by atoms with E-state index in [9.17, 15) is 18.3 Å². The molecule has 3 atom stereocenters. The number of nitrogens with zero attached hydrogens (tertiary/aromatic N) is 2. The fourth-order valence-electron chi connectivity index (χ4n) is 3.69. The van der Waals surface area contributed by atoms with Crippen molar-refractivity contribution in [3.63, 3.8) is 0 Å². The molecule has 0 radical (unpaired) electrons. The summed E-state index contributed by atoms with van der Waals surface area (Å²) in [6, 6.07) is 10.8. The van der Waals surface area contributed by atoms with Crippen LogP contribution < -0.4 is 14.8 Å². The van der Waals surface area contributed by atoms with Crippen molar-refractivity contribution >= 4 is 37.7 Å². The first-order valence-electron chi connectivity index (χ1n) is 10.8.